The van der Waals surface area contributed by atoms with Crippen LogP contribution >= 0.6 is 23.2 Å². The van der Waals surface area contributed by atoms with Crippen molar-refractivity contribution >= 4 is 39.1 Å². The van der Waals surface area contributed by atoms with E-state index in [1.807, 2.05) is 0 Å². The van der Waals surface area contributed by atoms with Gasteiger partial charge < -0.3 is 0 Å². The fourth-order valence-electron chi connectivity index (χ4n) is 4.07. The number of halogens is 1. The summed E-state index contributed by atoms with van der Waals surface area (Å²) in [6.07, 6.45) is 0. The number of rotatable bonds is 5. The summed E-state index contributed by atoms with van der Waals surface area (Å²) >= 11 is 4.27. The molecule has 4 aromatic rings. The van der Waals surface area contributed by atoms with E-state index in [4.69, 9.17) is 0 Å². The van der Waals surface area contributed by atoms with Gasteiger partial charge in [-0.05, 0) is 59.3 Å². The van der Waals surface area contributed by atoms with E-state index in [0.29, 0.717) is 0 Å². The van der Waals surface area contributed by atoms with Gasteiger partial charge in [0.25, 0.3) is 0 Å². The molecule has 0 aromatic heterocycles. The lowest BCUT2D eigenvalue weighted by molar-refractivity contribution is 1.01. The second-order valence-corrected chi connectivity index (χ2v) is 13.0. The summed E-state index contributed by atoms with van der Waals surface area (Å²) in [6, 6.07) is 43.8. The van der Waals surface area contributed by atoms with Gasteiger partial charge in [-0.3, -0.25) is 0 Å². The van der Waals surface area contributed by atoms with E-state index in [9.17, 15) is 0 Å². The van der Waals surface area contributed by atoms with E-state index in [1.54, 1.807) is 0 Å². The summed E-state index contributed by atoms with van der Waals surface area (Å²) < 4.78 is -0.259. The Bertz CT molecular complexity index is 916. The third-order valence-electron chi connectivity index (χ3n) is 5.36. The van der Waals surface area contributed by atoms with Gasteiger partial charge in [0.05, 0.1) is 0 Å². The van der Waals surface area contributed by atoms with Gasteiger partial charge >= 0.3 is 0 Å². The van der Waals surface area contributed by atoms with Crippen molar-refractivity contribution in [2.45, 2.75) is 11.0 Å². The van der Waals surface area contributed by atoms with Gasteiger partial charge in [-0.2, -0.15) is 0 Å². The number of benzene rings is 4. The molecule has 0 aliphatic heterocycles. The molecule has 0 nitrogen and oxygen atoms in total. The van der Waals surface area contributed by atoms with Crippen molar-refractivity contribution in [3.63, 3.8) is 0 Å². The Hall–Kier alpha value is -2.21. The summed E-state index contributed by atoms with van der Waals surface area (Å²) in [5.74, 6) is 0. The molecule has 0 saturated heterocycles. The molecular formula is C26H23BrP+. The lowest BCUT2D eigenvalue weighted by Crippen LogP contribution is -2.41. The van der Waals surface area contributed by atoms with E-state index < -0.39 is 7.26 Å². The molecule has 0 bridgehead atoms. The Balaban J connectivity index is 2.14. The summed E-state index contributed by atoms with van der Waals surface area (Å²) in [4.78, 5) is 0. The fraction of sp³-hybridized carbons (Fsp3) is 0.0769. The van der Waals surface area contributed by atoms with Gasteiger partial charge in [-0.15, -0.1) is 0 Å². The molecule has 1 atom stereocenters. The lowest BCUT2D eigenvalue weighted by Gasteiger charge is -2.39. The van der Waals surface area contributed by atoms with E-state index >= 15 is 0 Å². The van der Waals surface area contributed by atoms with Gasteiger partial charge in [0.1, 0.15) is 23.2 Å². The van der Waals surface area contributed by atoms with Gasteiger partial charge in [0, 0.05) is 5.56 Å². The van der Waals surface area contributed by atoms with Crippen LogP contribution in [0.2, 0.25) is 0 Å². The van der Waals surface area contributed by atoms with Crippen LogP contribution in [0, 0.1) is 0 Å². The molecule has 4 aromatic carbocycles. The number of hydrogen-bond acceptors (Lipinski definition) is 0. The summed E-state index contributed by atoms with van der Waals surface area (Å²) in [5, 5.41) is 4.11. The minimum atomic E-state index is -2.06. The molecule has 2 heteroatoms. The minimum absolute atomic E-state index is 0.259. The maximum Gasteiger partial charge on any atom is 0.169 e. The Kier molecular flexibility index (Phi) is 5.49. The summed E-state index contributed by atoms with van der Waals surface area (Å²) in [7, 11) is -2.06. The Morgan fingerprint density at radius 1 is 0.500 bits per heavy atom. The van der Waals surface area contributed by atoms with Crippen LogP contribution in [0.5, 0.6) is 0 Å². The molecule has 0 N–H and O–H groups in total. The molecule has 0 unspecified atom stereocenters. The van der Waals surface area contributed by atoms with Crippen molar-refractivity contribution in [1.29, 1.82) is 0 Å². The SMILES string of the molecule is C[C@@](Br)(c1ccccc1)[P+](c1ccccc1)(c1ccccc1)c1ccccc1. The fourth-order valence-corrected chi connectivity index (χ4v) is 10.9. The molecule has 0 spiro atoms. The zero-order valence-electron chi connectivity index (χ0n) is 15.9. The maximum atomic E-state index is 4.27. The number of hydrogen-bond donors (Lipinski definition) is 0. The predicted molar refractivity (Wildman–Crippen MR) is 128 cm³/mol. The Morgan fingerprint density at radius 2 is 0.786 bits per heavy atom. The molecule has 0 fully saturated rings. The van der Waals surface area contributed by atoms with Crippen molar-refractivity contribution < 1.29 is 0 Å². The first-order chi connectivity index (χ1) is 13.7. The highest BCUT2D eigenvalue weighted by molar-refractivity contribution is 9.11. The van der Waals surface area contributed by atoms with Crippen LogP contribution in [0.3, 0.4) is 0 Å². The van der Waals surface area contributed by atoms with Gasteiger partial charge in [0.2, 0.25) is 0 Å². The van der Waals surface area contributed by atoms with Gasteiger partial charge in [-0.1, -0.05) is 84.9 Å². The first kappa shape index (κ1) is 19.1. The van der Waals surface area contributed by atoms with Crippen LogP contribution < -0.4 is 15.9 Å². The summed E-state index contributed by atoms with van der Waals surface area (Å²) in [5.41, 5.74) is 1.29. The standard InChI is InChI=1S/C26H23BrP/c1-26(27,22-14-6-2-7-15-22)28(23-16-8-3-9-17-23,24-18-10-4-11-19-24)25-20-12-5-13-21-25/h2-21H,1H3/q+1/t26-/m0/s1. The largest absolute Gasteiger partial charge is 0.169 e. The lowest BCUT2D eigenvalue weighted by atomic mass is 10.2. The first-order valence-electron chi connectivity index (χ1n) is 9.48. The second-order valence-electron chi connectivity index (χ2n) is 7.00. The zero-order chi connectivity index (χ0) is 19.5. The monoisotopic (exact) mass is 445 g/mol. The molecule has 0 amide bonds. The van der Waals surface area contributed by atoms with Crippen molar-refractivity contribution in [2.24, 2.45) is 0 Å². The minimum Gasteiger partial charge on any atom is -0.0622 e. The van der Waals surface area contributed by atoms with Gasteiger partial charge in [-0.25, -0.2) is 0 Å². The van der Waals surface area contributed by atoms with Crippen molar-refractivity contribution in [3.8, 4) is 0 Å². The Morgan fingerprint density at radius 3 is 1.11 bits per heavy atom. The second kappa shape index (κ2) is 8.03. The highest BCUT2D eigenvalue weighted by Crippen LogP contribution is 2.72. The molecule has 0 aliphatic rings. The highest BCUT2D eigenvalue weighted by atomic mass is 79.9. The van der Waals surface area contributed by atoms with Gasteiger partial charge in [0.15, 0.2) is 4.07 Å². The average molecular weight is 446 g/mol. The molecule has 4 rings (SSSR count). The molecule has 138 valence electrons. The highest BCUT2D eigenvalue weighted by Gasteiger charge is 2.59. The van der Waals surface area contributed by atoms with Crippen LogP contribution in [0.15, 0.2) is 121 Å². The third kappa shape index (κ3) is 3.13. The van der Waals surface area contributed by atoms with Crippen LogP contribution in [-0.4, -0.2) is 0 Å². The molecule has 0 heterocycles. The molecule has 0 aliphatic carbocycles. The smallest absolute Gasteiger partial charge is 0.0622 e. The average Bonchev–Trinajstić information content (AvgIpc) is 2.77. The van der Waals surface area contributed by atoms with E-state index in [1.165, 1.54) is 21.5 Å². The van der Waals surface area contributed by atoms with E-state index in [-0.39, 0.29) is 4.07 Å². The van der Waals surface area contributed by atoms with Crippen LogP contribution in [0.25, 0.3) is 0 Å². The normalized spacial score (nSPS) is 13.6. The topological polar surface area (TPSA) is 0 Å². The van der Waals surface area contributed by atoms with Crippen LogP contribution in [-0.2, 0) is 4.07 Å². The zero-order valence-corrected chi connectivity index (χ0v) is 18.4. The molecule has 0 saturated carbocycles. The Labute approximate surface area is 176 Å². The maximum absolute atomic E-state index is 4.27. The third-order valence-corrected chi connectivity index (χ3v) is 12.2. The number of alkyl halides is 1. The molecule has 0 radical (unpaired) electrons. The van der Waals surface area contributed by atoms with Crippen molar-refractivity contribution in [1.82, 2.24) is 0 Å². The quantitative estimate of drug-likeness (QED) is 0.251. The molecular weight excluding hydrogens is 423 g/mol. The first-order valence-corrected chi connectivity index (χ1v) is 12.1. The van der Waals surface area contributed by atoms with E-state index in [0.717, 1.165) is 0 Å². The van der Waals surface area contributed by atoms with Crippen LogP contribution in [0.4, 0.5) is 0 Å². The van der Waals surface area contributed by atoms with E-state index in [2.05, 4.69) is 144 Å². The predicted octanol–water partition coefficient (Wildman–Crippen LogP) is 6.25. The van der Waals surface area contributed by atoms with Crippen molar-refractivity contribution in [2.75, 3.05) is 0 Å². The summed E-state index contributed by atoms with van der Waals surface area (Å²) in [6.45, 7) is 2.34. The van der Waals surface area contributed by atoms with Crippen molar-refractivity contribution in [3.05, 3.63) is 127 Å². The van der Waals surface area contributed by atoms with Crippen LogP contribution in [0.1, 0.15) is 12.5 Å². The molecule has 28 heavy (non-hydrogen) atoms.